The van der Waals surface area contributed by atoms with Crippen molar-refractivity contribution in [2.75, 3.05) is 6.54 Å². The van der Waals surface area contributed by atoms with Crippen LogP contribution in [0.5, 0.6) is 0 Å². The number of ether oxygens (including phenoxy) is 2. The zero-order chi connectivity index (χ0) is 27.6. The molecule has 0 bridgehead atoms. The number of benzene rings is 1. The summed E-state index contributed by atoms with van der Waals surface area (Å²) in [5, 5.41) is 7.76. The zero-order valence-electron chi connectivity index (χ0n) is 21.5. The molecule has 0 saturated heterocycles. The molecule has 1 unspecified atom stereocenters. The first-order chi connectivity index (χ1) is 17.2. The van der Waals surface area contributed by atoms with Gasteiger partial charge in [0, 0.05) is 6.54 Å². The molecule has 0 heterocycles. The third kappa shape index (κ3) is 11.1. The summed E-state index contributed by atoms with van der Waals surface area (Å²) in [5.74, 6) is -0.398. The van der Waals surface area contributed by atoms with Gasteiger partial charge in [0.15, 0.2) is 5.71 Å². The Labute approximate surface area is 214 Å². The molecule has 12 heteroatoms. The van der Waals surface area contributed by atoms with E-state index in [1.54, 1.807) is 20.8 Å². The Kier molecular flexibility index (Phi) is 10.8. The number of alkyl carbamates (subject to hydrolysis) is 1. The van der Waals surface area contributed by atoms with E-state index < -0.39 is 35.7 Å². The lowest BCUT2D eigenvalue weighted by Gasteiger charge is -2.27. The number of esters is 1. The number of rotatable bonds is 8. The number of amides is 3. The summed E-state index contributed by atoms with van der Waals surface area (Å²) in [4.78, 5) is 36.2. The normalized spacial score (nSPS) is 19.4. The summed E-state index contributed by atoms with van der Waals surface area (Å²) in [6.07, 6.45) is -3.40. The molecule has 37 heavy (non-hydrogen) atoms. The van der Waals surface area contributed by atoms with Gasteiger partial charge in [-0.1, -0.05) is 30.3 Å². The minimum absolute atomic E-state index is 0.0720. The van der Waals surface area contributed by atoms with Crippen LogP contribution in [0.3, 0.4) is 0 Å². The van der Waals surface area contributed by atoms with E-state index in [-0.39, 0.29) is 31.0 Å². The molecule has 206 valence electrons. The van der Waals surface area contributed by atoms with Crippen LogP contribution in [0.15, 0.2) is 35.4 Å². The quantitative estimate of drug-likeness (QED) is 0.258. The van der Waals surface area contributed by atoms with E-state index in [9.17, 15) is 27.6 Å². The van der Waals surface area contributed by atoms with Gasteiger partial charge in [0.05, 0.1) is 12.0 Å². The van der Waals surface area contributed by atoms with Crippen molar-refractivity contribution in [2.24, 2.45) is 16.9 Å². The van der Waals surface area contributed by atoms with Crippen molar-refractivity contribution in [3.05, 3.63) is 35.9 Å². The fourth-order valence-electron chi connectivity index (χ4n) is 3.79. The summed E-state index contributed by atoms with van der Waals surface area (Å²) in [5.41, 5.74) is 0.475. The summed E-state index contributed by atoms with van der Waals surface area (Å²) in [6.45, 7) is 6.25. The van der Waals surface area contributed by atoms with Crippen molar-refractivity contribution in [1.29, 1.82) is 0 Å². The number of alkyl halides is 3. The molecule has 1 saturated carbocycles. The van der Waals surface area contributed by atoms with Crippen LogP contribution < -0.4 is 16.1 Å². The second-order valence-corrected chi connectivity index (χ2v) is 10.00. The first-order valence-electron chi connectivity index (χ1n) is 12.1. The lowest BCUT2D eigenvalue weighted by molar-refractivity contribution is -0.151. The van der Waals surface area contributed by atoms with Gasteiger partial charge in [-0.3, -0.25) is 4.79 Å². The number of urea groups is 1. The number of carbonyl (C=O) groups excluding carboxylic acids is 3. The first-order valence-corrected chi connectivity index (χ1v) is 12.1. The number of nitrogens with zero attached hydrogens (tertiary/aromatic N) is 1. The van der Waals surface area contributed by atoms with Crippen molar-refractivity contribution in [3.63, 3.8) is 0 Å². The topological polar surface area (TPSA) is 118 Å². The van der Waals surface area contributed by atoms with Crippen molar-refractivity contribution < 1.29 is 37.0 Å². The highest BCUT2D eigenvalue weighted by atomic mass is 19.4. The van der Waals surface area contributed by atoms with Crippen LogP contribution >= 0.6 is 0 Å². The minimum Gasteiger partial charge on any atom is -0.461 e. The molecule has 0 aromatic heterocycles. The van der Waals surface area contributed by atoms with Crippen molar-refractivity contribution in [2.45, 2.75) is 77.8 Å². The molecule has 1 fully saturated rings. The molecule has 0 spiro atoms. The number of halogens is 3. The molecule has 2 rings (SSSR count). The average molecular weight is 529 g/mol. The van der Waals surface area contributed by atoms with E-state index in [0.717, 1.165) is 12.5 Å². The van der Waals surface area contributed by atoms with E-state index in [4.69, 9.17) is 9.47 Å². The second-order valence-electron chi connectivity index (χ2n) is 10.00. The Morgan fingerprint density at radius 2 is 1.68 bits per heavy atom. The highest BCUT2D eigenvalue weighted by Crippen LogP contribution is 2.29. The summed E-state index contributed by atoms with van der Waals surface area (Å²) < 4.78 is 50.6. The minimum atomic E-state index is -4.89. The van der Waals surface area contributed by atoms with Gasteiger partial charge in [-0.2, -0.15) is 18.3 Å². The van der Waals surface area contributed by atoms with Gasteiger partial charge >= 0.3 is 24.3 Å². The molecule has 1 aliphatic rings. The molecule has 9 nitrogen and oxygen atoms in total. The zero-order valence-corrected chi connectivity index (χ0v) is 21.5. The third-order valence-electron chi connectivity index (χ3n) is 5.67. The SMILES string of the molecule is CC(NC(=O)OC(C)(C)C)/C(=N/NC(=O)NCC1CCC(C(=O)OCc2ccccc2)CC1)C(F)(F)F. The highest BCUT2D eigenvalue weighted by Gasteiger charge is 2.40. The molecule has 1 atom stereocenters. The van der Waals surface area contributed by atoms with Crippen LogP contribution in [0.4, 0.5) is 22.8 Å². The van der Waals surface area contributed by atoms with Gasteiger partial charge < -0.3 is 20.1 Å². The van der Waals surface area contributed by atoms with Crippen LogP contribution in [-0.4, -0.2) is 48.2 Å². The fraction of sp³-hybridized carbons (Fsp3) is 0.600. The number of hydrogen-bond acceptors (Lipinski definition) is 6. The molecule has 3 N–H and O–H groups in total. The molecule has 1 aromatic rings. The molecule has 3 amide bonds. The van der Waals surface area contributed by atoms with Gasteiger partial charge in [0.2, 0.25) is 0 Å². The Bertz CT molecular complexity index is 940. The molecule has 0 radical (unpaired) electrons. The molecule has 1 aliphatic carbocycles. The summed E-state index contributed by atoms with van der Waals surface area (Å²) in [7, 11) is 0. The molecular weight excluding hydrogens is 493 g/mol. The second kappa shape index (κ2) is 13.3. The van der Waals surface area contributed by atoms with Crippen LogP contribution in [0, 0.1) is 11.8 Å². The van der Waals surface area contributed by atoms with Crippen LogP contribution in [-0.2, 0) is 20.9 Å². The third-order valence-corrected chi connectivity index (χ3v) is 5.67. The van der Waals surface area contributed by atoms with Gasteiger partial charge in [0.25, 0.3) is 0 Å². The van der Waals surface area contributed by atoms with Crippen molar-refractivity contribution in [3.8, 4) is 0 Å². The first kappa shape index (κ1) is 29.9. The Morgan fingerprint density at radius 3 is 2.24 bits per heavy atom. The highest BCUT2D eigenvalue weighted by molar-refractivity contribution is 5.96. The van der Waals surface area contributed by atoms with E-state index in [0.29, 0.717) is 25.7 Å². The number of hydrazone groups is 1. The van der Waals surface area contributed by atoms with E-state index in [1.165, 1.54) is 0 Å². The Balaban J connectivity index is 1.77. The van der Waals surface area contributed by atoms with Gasteiger partial charge in [0.1, 0.15) is 12.2 Å². The lowest BCUT2D eigenvalue weighted by Crippen LogP contribution is -2.48. The smallest absolute Gasteiger partial charge is 0.433 e. The Hall–Kier alpha value is -3.31. The average Bonchev–Trinajstić information content (AvgIpc) is 2.80. The van der Waals surface area contributed by atoms with Crippen molar-refractivity contribution in [1.82, 2.24) is 16.1 Å². The number of carbonyl (C=O) groups is 3. The number of hydrogen-bond donors (Lipinski definition) is 3. The molecule has 0 aliphatic heterocycles. The van der Waals surface area contributed by atoms with Gasteiger partial charge in [-0.25, -0.2) is 15.0 Å². The van der Waals surface area contributed by atoms with Crippen LogP contribution in [0.1, 0.15) is 58.9 Å². The molecule has 1 aromatic carbocycles. The maximum absolute atomic E-state index is 13.4. The number of nitrogens with one attached hydrogen (secondary N) is 3. The largest absolute Gasteiger partial charge is 0.461 e. The predicted molar refractivity (Wildman–Crippen MR) is 131 cm³/mol. The predicted octanol–water partition coefficient (Wildman–Crippen LogP) is 4.67. The van der Waals surface area contributed by atoms with Gasteiger partial charge in [-0.15, -0.1) is 0 Å². The van der Waals surface area contributed by atoms with Crippen LogP contribution in [0.25, 0.3) is 0 Å². The van der Waals surface area contributed by atoms with E-state index in [2.05, 4.69) is 15.7 Å². The lowest BCUT2D eigenvalue weighted by atomic mass is 9.82. The maximum Gasteiger partial charge on any atom is 0.433 e. The van der Waals surface area contributed by atoms with E-state index >= 15 is 0 Å². The Morgan fingerprint density at radius 1 is 1.05 bits per heavy atom. The molecular formula is C25H35F3N4O5. The summed E-state index contributed by atoms with van der Waals surface area (Å²) in [6, 6.07) is 6.90. The van der Waals surface area contributed by atoms with Crippen LogP contribution in [0.2, 0.25) is 0 Å². The van der Waals surface area contributed by atoms with E-state index in [1.807, 2.05) is 35.8 Å². The monoisotopic (exact) mass is 528 g/mol. The fourth-order valence-corrected chi connectivity index (χ4v) is 3.79. The standard InChI is InChI=1S/C25H35F3N4O5/c1-16(30-23(35)37-24(2,3)4)20(25(26,27)28)31-32-22(34)29-14-17-10-12-19(13-11-17)21(33)36-15-18-8-6-5-7-9-18/h5-9,16-17,19H,10-15H2,1-4H3,(H,30,35)(H2,29,32,34)/b31-20-. The van der Waals surface area contributed by atoms with Crippen molar-refractivity contribution >= 4 is 23.8 Å². The van der Waals surface area contributed by atoms with Gasteiger partial charge in [-0.05, 0) is 64.9 Å². The summed E-state index contributed by atoms with van der Waals surface area (Å²) >= 11 is 0. The maximum atomic E-state index is 13.4.